The molecule has 2 aliphatic heterocycles. The molecule has 2 saturated heterocycles. The van der Waals surface area contributed by atoms with Crippen molar-refractivity contribution in [2.45, 2.75) is 38.1 Å². The van der Waals surface area contributed by atoms with Gasteiger partial charge in [0, 0.05) is 13.1 Å². The van der Waals surface area contributed by atoms with Gasteiger partial charge in [-0.15, -0.1) is 0 Å². The Morgan fingerprint density at radius 1 is 1.14 bits per heavy atom. The predicted octanol–water partition coefficient (Wildman–Crippen LogP) is 3.04. The summed E-state index contributed by atoms with van der Waals surface area (Å²) >= 11 is 0. The van der Waals surface area contributed by atoms with E-state index in [4.69, 9.17) is 4.74 Å². The van der Waals surface area contributed by atoms with E-state index in [1.165, 1.54) is 18.4 Å². The number of carbonyl (C=O) groups excluding carboxylic acids is 1. The Kier molecular flexibility index (Phi) is 6.39. The summed E-state index contributed by atoms with van der Waals surface area (Å²) in [6.07, 6.45) is 5.85. The smallest absolute Gasteiger partial charge is 0.274 e. The van der Waals surface area contributed by atoms with Crippen molar-refractivity contribution in [1.29, 1.82) is 0 Å². The Morgan fingerprint density at radius 2 is 1.96 bits per heavy atom. The minimum atomic E-state index is 0.0113. The van der Waals surface area contributed by atoms with E-state index < -0.39 is 0 Å². The molecule has 0 spiro atoms. The van der Waals surface area contributed by atoms with E-state index in [0.29, 0.717) is 38.0 Å². The third-order valence-corrected chi connectivity index (χ3v) is 5.84. The van der Waals surface area contributed by atoms with Crippen LogP contribution in [-0.4, -0.2) is 65.3 Å². The summed E-state index contributed by atoms with van der Waals surface area (Å²) in [5.41, 5.74) is 3.01. The number of nitrogens with zero attached hydrogens (tertiary/aromatic N) is 3. The number of H-pyrrole nitrogens is 1. The molecule has 3 heterocycles. The highest BCUT2D eigenvalue weighted by Crippen LogP contribution is 2.30. The van der Waals surface area contributed by atoms with Gasteiger partial charge in [0.05, 0.1) is 24.9 Å². The molecule has 1 aromatic carbocycles. The maximum absolute atomic E-state index is 12.7. The molecule has 1 aromatic heterocycles. The predicted molar refractivity (Wildman–Crippen MR) is 108 cm³/mol. The van der Waals surface area contributed by atoms with Crippen LogP contribution in [0.5, 0.6) is 0 Å². The molecule has 1 amide bonds. The van der Waals surface area contributed by atoms with Gasteiger partial charge in [-0.25, -0.2) is 0 Å². The molecular weight excluding hydrogens is 352 g/mol. The molecule has 6 heteroatoms. The number of piperidine rings is 1. The summed E-state index contributed by atoms with van der Waals surface area (Å²) in [5, 5.41) is 7.51. The first-order valence-corrected chi connectivity index (χ1v) is 10.5. The van der Waals surface area contributed by atoms with Gasteiger partial charge >= 0.3 is 0 Å². The average Bonchev–Trinajstić information content (AvgIpc) is 3.25. The molecule has 0 radical (unpaired) electrons. The van der Waals surface area contributed by atoms with Crippen LogP contribution in [0.2, 0.25) is 0 Å². The number of aromatic amines is 1. The van der Waals surface area contributed by atoms with Gasteiger partial charge < -0.3 is 9.64 Å². The molecule has 1 N–H and O–H groups in total. The van der Waals surface area contributed by atoms with Crippen LogP contribution in [0.4, 0.5) is 0 Å². The monoisotopic (exact) mass is 382 g/mol. The van der Waals surface area contributed by atoms with Gasteiger partial charge in [-0.05, 0) is 50.4 Å². The first-order valence-electron chi connectivity index (χ1n) is 10.5. The lowest BCUT2D eigenvalue weighted by Gasteiger charge is -2.35. The van der Waals surface area contributed by atoms with Crippen molar-refractivity contribution in [2.24, 2.45) is 0 Å². The Bertz CT molecular complexity index is 755. The molecule has 6 nitrogen and oxygen atoms in total. The Labute approximate surface area is 166 Å². The zero-order valence-corrected chi connectivity index (χ0v) is 16.5. The minimum absolute atomic E-state index is 0.0113. The van der Waals surface area contributed by atoms with Crippen LogP contribution in [0.1, 0.15) is 53.5 Å². The molecule has 2 aromatic rings. The third-order valence-electron chi connectivity index (χ3n) is 5.84. The lowest BCUT2D eigenvalue weighted by atomic mass is 9.98. The number of carbonyl (C=O) groups is 1. The highest BCUT2D eigenvalue weighted by molar-refractivity contribution is 5.92. The highest BCUT2D eigenvalue weighted by atomic mass is 16.5. The van der Waals surface area contributed by atoms with Crippen LogP contribution < -0.4 is 0 Å². The number of benzene rings is 1. The summed E-state index contributed by atoms with van der Waals surface area (Å²) in [5.74, 6) is 0.0113. The number of morpholine rings is 1. The summed E-state index contributed by atoms with van der Waals surface area (Å²) in [6, 6.07) is 13.0. The van der Waals surface area contributed by atoms with E-state index in [2.05, 4.69) is 45.4 Å². The van der Waals surface area contributed by atoms with Crippen molar-refractivity contribution >= 4 is 5.91 Å². The number of hydrogen-bond donors (Lipinski definition) is 1. The van der Waals surface area contributed by atoms with E-state index in [9.17, 15) is 4.79 Å². The Morgan fingerprint density at radius 3 is 2.79 bits per heavy atom. The van der Waals surface area contributed by atoms with E-state index >= 15 is 0 Å². The second kappa shape index (κ2) is 9.34. The molecule has 4 rings (SSSR count). The van der Waals surface area contributed by atoms with E-state index in [1.807, 2.05) is 11.0 Å². The van der Waals surface area contributed by atoms with Gasteiger partial charge in [0.1, 0.15) is 5.69 Å². The van der Waals surface area contributed by atoms with Crippen molar-refractivity contribution in [2.75, 3.05) is 39.4 Å². The summed E-state index contributed by atoms with van der Waals surface area (Å²) in [7, 11) is 0. The minimum Gasteiger partial charge on any atom is -0.378 e. The third kappa shape index (κ3) is 4.62. The van der Waals surface area contributed by atoms with Crippen molar-refractivity contribution in [1.82, 2.24) is 20.0 Å². The van der Waals surface area contributed by atoms with Crippen molar-refractivity contribution in [3.05, 3.63) is 53.3 Å². The van der Waals surface area contributed by atoms with Crippen LogP contribution in [0.15, 0.2) is 36.4 Å². The fourth-order valence-corrected chi connectivity index (χ4v) is 4.29. The van der Waals surface area contributed by atoms with Crippen LogP contribution >= 0.6 is 0 Å². The lowest BCUT2D eigenvalue weighted by molar-refractivity contribution is 0.0299. The fourth-order valence-electron chi connectivity index (χ4n) is 4.29. The molecule has 2 aliphatic rings. The maximum atomic E-state index is 12.7. The topological polar surface area (TPSA) is 61.5 Å². The molecule has 0 unspecified atom stereocenters. The van der Waals surface area contributed by atoms with E-state index in [-0.39, 0.29) is 5.91 Å². The number of rotatable bonds is 6. The number of aromatic nitrogens is 2. The quantitative estimate of drug-likeness (QED) is 0.834. The number of likely N-dealkylation sites (tertiary alicyclic amines) is 1. The fraction of sp³-hybridized carbons (Fsp3) is 0.545. The Hall–Kier alpha value is -2.18. The van der Waals surface area contributed by atoms with Gasteiger partial charge in [-0.3, -0.25) is 14.8 Å². The van der Waals surface area contributed by atoms with E-state index in [0.717, 1.165) is 38.0 Å². The molecular formula is C22H30N4O2. The summed E-state index contributed by atoms with van der Waals surface area (Å²) < 4.78 is 5.34. The van der Waals surface area contributed by atoms with Crippen LogP contribution in [0.3, 0.4) is 0 Å². The number of hydrogen-bond acceptors (Lipinski definition) is 4. The number of aryl methyl sites for hydroxylation is 1. The maximum Gasteiger partial charge on any atom is 0.274 e. The molecule has 0 saturated carbocycles. The molecule has 150 valence electrons. The molecule has 0 bridgehead atoms. The van der Waals surface area contributed by atoms with Gasteiger partial charge in [0.15, 0.2) is 0 Å². The zero-order valence-electron chi connectivity index (χ0n) is 16.5. The second-order valence-corrected chi connectivity index (χ2v) is 7.75. The largest absolute Gasteiger partial charge is 0.378 e. The van der Waals surface area contributed by atoms with Crippen LogP contribution in [0.25, 0.3) is 0 Å². The highest BCUT2D eigenvalue weighted by Gasteiger charge is 2.27. The van der Waals surface area contributed by atoms with Crippen molar-refractivity contribution < 1.29 is 9.53 Å². The Balaban J connectivity index is 1.37. The molecule has 1 atom stereocenters. The summed E-state index contributed by atoms with van der Waals surface area (Å²) in [6.45, 7) is 4.71. The molecule has 2 fully saturated rings. The van der Waals surface area contributed by atoms with Crippen LogP contribution in [0, 0.1) is 0 Å². The lowest BCUT2D eigenvalue weighted by Crippen LogP contribution is -2.40. The van der Waals surface area contributed by atoms with Gasteiger partial charge in [-0.1, -0.05) is 36.8 Å². The SMILES string of the molecule is O=C(c1cc([C@H]2CCCCN2CCCc2ccccc2)[nH]n1)N1CCOCC1. The molecule has 0 aliphatic carbocycles. The zero-order chi connectivity index (χ0) is 19.2. The van der Waals surface area contributed by atoms with Gasteiger partial charge in [0.25, 0.3) is 5.91 Å². The van der Waals surface area contributed by atoms with E-state index in [1.54, 1.807) is 0 Å². The first kappa shape index (κ1) is 19.2. The van der Waals surface area contributed by atoms with Gasteiger partial charge in [-0.2, -0.15) is 5.10 Å². The summed E-state index contributed by atoms with van der Waals surface area (Å²) in [4.78, 5) is 17.1. The normalized spacial score (nSPS) is 21.0. The number of ether oxygens (including phenoxy) is 1. The first-order chi connectivity index (χ1) is 13.8. The second-order valence-electron chi connectivity index (χ2n) is 7.75. The van der Waals surface area contributed by atoms with Crippen molar-refractivity contribution in [3.63, 3.8) is 0 Å². The molecule has 28 heavy (non-hydrogen) atoms. The van der Waals surface area contributed by atoms with Crippen molar-refractivity contribution in [3.8, 4) is 0 Å². The average molecular weight is 383 g/mol. The standard InChI is InChI=1S/C22H30N4O2/c27-22(26-13-15-28-16-14-26)20-17-19(23-24-20)21-10-4-5-11-25(21)12-6-9-18-7-2-1-3-8-18/h1-3,7-8,17,21H,4-6,9-16H2,(H,23,24)/t21-/m1/s1. The number of amides is 1. The number of nitrogens with one attached hydrogen (secondary N) is 1. The van der Waals surface area contributed by atoms with Gasteiger partial charge in [0.2, 0.25) is 0 Å². The van der Waals surface area contributed by atoms with Crippen LogP contribution in [-0.2, 0) is 11.2 Å².